The highest BCUT2D eigenvalue weighted by molar-refractivity contribution is 5.99. The van der Waals surface area contributed by atoms with Crippen LogP contribution in [0.4, 0.5) is 4.39 Å². The van der Waals surface area contributed by atoms with Crippen molar-refractivity contribution in [1.29, 1.82) is 0 Å². The van der Waals surface area contributed by atoms with E-state index in [1.165, 1.54) is 27.8 Å². The highest BCUT2D eigenvalue weighted by atomic mass is 19.1. The first kappa shape index (κ1) is 23.1. The SMILES string of the molecule is CCOC(=O)CC1CNC(=O)CN1C(=O)c1cc2cccnc2n(Cc2ccccc2F)c1=O. The molecule has 176 valence electrons. The Kier molecular flexibility index (Phi) is 6.67. The maximum absolute atomic E-state index is 14.3. The van der Waals surface area contributed by atoms with Crippen molar-refractivity contribution in [1.82, 2.24) is 19.8 Å². The van der Waals surface area contributed by atoms with Crippen molar-refractivity contribution in [2.24, 2.45) is 0 Å². The van der Waals surface area contributed by atoms with Gasteiger partial charge in [0.1, 0.15) is 23.6 Å². The van der Waals surface area contributed by atoms with Crippen molar-refractivity contribution in [2.75, 3.05) is 19.7 Å². The van der Waals surface area contributed by atoms with Crippen LogP contribution in [0.5, 0.6) is 0 Å². The predicted octanol–water partition coefficient (Wildman–Crippen LogP) is 1.48. The molecule has 9 nitrogen and oxygen atoms in total. The number of carbonyl (C=O) groups is 3. The number of amides is 2. The van der Waals surface area contributed by atoms with Crippen LogP contribution in [0.1, 0.15) is 29.3 Å². The molecule has 1 fully saturated rings. The Morgan fingerprint density at radius 3 is 2.76 bits per heavy atom. The van der Waals surface area contributed by atoms with E-state index in [-0.39, 0.29) is 43.8 Å². The Morgan fingerprint density at radius 1 is 1.21 bits per heavy atom. The Bertz CT molecular complexity index is 1320. The summed E-state index contributed by atoms with van der Waals surface area (Å²) in [6, 6.07) is 10.1. The van der Waals surface area contributed by atoms with E-state index in [1.807, 2.05) is 0 Å². The van der Waals surface area contributed by atoms with Gasteiger partial charge in [0.25, 0.3) is 11.5 Å². The quantitative estimate of drug-likeness (QED) is 0.551. The summed E-state index contributed by atoms with van der Waals surface area (Å²) in [5, 5.41) is 3.14. The first-order chi connectivity index (χ1) is 16.4. The normalized spacial score (nSPS) is 15.8. The minimum absolute atomic E-state index is 0.0575. The molecular weight excluding hydrogens is 443 g/mol. The largest absolute Gasteiger partial charge is 0.466 e. The lowest BCUT2D eigenvalue weighted by atomic mass is 10.1. The lowest BCUT2D eigenvalue weighted by Gasteiger charge is -2.35. The smallest absolute Gasteiger partial charge is 0.307 e. The van der Waals surface area contributed by atoms with Crippen LogP contribution < -0.4 is 10.9 Å². The van der Waals surface area contributed by atoms with E-state index >= 15 is 0 Å². The zero-order valence-electron chi connectivity index (χ0n) is 18.5. The molecule has 3 aromatic rings. The zero-order chi connectivity index (χ0) is 24.2. The molecule has 2 amide bonds. The Labute approximate surface area is 194 Å². The van der Waals surface area contributed by atoms with Crippen molar-refractivity contribution in [3.05, 3.63) is 76.0 Å². The van der Waals surface area contributed by atoms with Gasteiger partial charge in [0.2, 0.25) is 5.91 Å². The number of ether oxygens (including phenoxy) is 1. The van der Waals surface area contributed by atoms with Crippen molar-refractivity contribution >= 4 is 28.8 Å². The van der Waals surface area contributed by atoms with Gasteiger partial charge in [0.15, 0.2) is 0 Å². The van der Waals surface area contributed by atoms with Gasteiger partial charge in [-0.25, -0.2) is 9.37 Å². The van der Waals surface area contributed by atoms with Gasteiger partial charge >= 0.3 is 5.97 Å². The fourth-order valence-electron chi connectivity index (χ4n) is 3.97. The highest BCUT2D eigenvalue weighted by Crippen LogP contribution is 2.18. The van der Waals surface area contributed by atoms with E-state index in [0.29, 0.717) is 11.0 Å². The van der Waals surface area contributed by atoms with Crippen LogP contribution in [0.3, 0.4) is 0 Å². The molecule has 1 aliphatic heterocycles. The van der Waals surface area contributed by atoms with Crippen molar-refractivity contribution in [2.45, 2.75) is 25.9 Å². The fraction of sp³-hybridized carbons (Fsp3) is 0.292. The lowest BCUT2D eigenvalue weighted by molar-refractivity contribution is -0.145. The minimum Gasteiger partial charge on any atom is -0.466 e. The molecule has 1 aromatic carbocycles. The van der Waals surface area contributed by atoms with E-state index < -0.39 is 35.2 Å². The van der Waals surface area contributed by atoms with Crippen LogP contribution in [-0.2, 0) is 20.9 Å². The third-order valence-electron chi connectivity index (χ3n) is 5.62. The zero-order valence-corrected chi connectivity index (χ0v) is 18.5. The molecule has 3 heterocycles. The first-order valence-corrected chi connectivity index (χ1v) is 10.8. The van der Waals surface area contributed by atoms with Gasteiger partial charge in [-0.1, -0.05) is 18.2 Å². The lowest BCUT2D eigenvalue weighted by Crippen LogP contribution is -2.57. The molecule has 0 radical (unpaired) electrons. The fourth-order valence-corrected chi connectivity index (χ4v) is 3.97. The third-order valence-corrected chi connectivity index (χ3v) is 5.62. The first-order valence-electron chi connectivity index (χ1n) is 10.8. The molecule has 4 rings (SSSR count). The predicted molar refractivity (Wildman–Crippen MR) is 121 cm³/mol. The molecule has 10 heteroatoms. The maximum Gasteiger partial charge on any atom is 0.307 e. The van der Waals surface area contributed by atoms with Crippen LogP contribution >= 0.6 is 0 Å². The third kappa shape index (κ3) is 4.66. The molecule has 0 bridgehead atoms. The molecule has 1 unspecified atom stereocenters. The molecule has 1 aliphatic rings. The number of esters is 1. The summed E-state index contributed by atoms with van der Waals surface area (Å²) in [5.74, 6) is -2.09. The number of carbonyl (C=O) groups excluding carboxylic acids is 3. The van der Waals surface area contributed by atoms with Gasteiger partial charge in [0.05, 0.1) is 25.6 Å². The summed E-state index contributed by atoms with van der Waals surface area (Å²) in [7, 11) is 0. The average Bonchev–Trinajstić information content (AvgIpc) is 2.82. The van der Waals surface area contributed by atoms with Crippen molar-refractivity contribution < 1.29 is 23.5 Å². The number of aromatic nitrogens is 2. The van der Waals surface area contributed by atoms with Gasteiger partial charge in [-0.3, -0.25) is 23.7 Å². The number of hydrogen-bond acceptors (Lipinski definition) is 6. The Hall–Kier alpha value is -4.08. The van der Waals surface area contributed by atoms with E-state index in [4.69, 9.17) is 4.74 Å². The van der Waals surface area contributed by atoms with Crippen LogP contribution in [0, 0.1) is 5.82 Å². The molecule has 0 saturated carbocycles. The van der Waals surface area contributed by atoms with Crippen LogP contribution in [0.25, 0.3) is 11.0 Å². The van der Waals surface area contributed by atoms with E-state index in [1.54, 1.807) is 37.3 Å². The van der Waals surface area contributed by atoms with Crippen molar-refractivity contribution in [3.63, 3.8) is 0 Å². The number of fused-ring (bicyclic) bond motifs is 1. The van der Waals surface area contributed by atoms with Gasteiger partial charge in [-0.15, -0.1) is 0 Å². The van der Waals surface area contributed by atoms with Gasteiger partial charge in [0, 0.05) is 23.7 Å². The van der Waals surface area contributed by atoms with Crippen LogP contribution in [0.2, 0.25) is 0 Å². The van der Waals surface area contributed by atoms with Crippen molar-refractivity contribution in [3.8, 4) is 0 Å². The molecule has 34 heavy (non-hydrogen) atoms. The summed E-state index contributed by atoms with van der Waals surface area (Å²) in [5.41, 5.74) is -0.300. The minimum atomic E-state index is -0.692. The number of pyridine rings is 2. The second-order valence-corrected chi connectivity index (χ2v) is 7.86. The Balaban J connectivity index is 1.77. The number of rotatable bonds is 6. The molecule has 1 N–H and O–H groups in total. The van der Waals surface area contributed by atoms with Gasteiger partial charge in [-0.05, 0) is 31.2 Å². The summed E-state index contributed by atoms with van der Waals surface area (Å²) in [4.78, 5) is 56.5. The second kappa shape index (κ2) is 9.82. The summed E-state index contributed by atoms with van der Waals surface area (Å²) < 4.78 is 20.6. The molecular formula is C24H23FN4O5. The van der Waals surface area contributed by atoms with Crippen LogP contribution in [0.15, 0.2) is 53.5 Å². The number of hydrogen-bond donors (Lipinski definition) is 1. The van der Waals surface area contributed by atoms with Crippen LogP contribution in [-0.4, -0.2) is 58.0 Å². The monoisotopic (exact) mass is 466 g/mol. The molecule has 1 saturated heterocycles. The topological polar surface area (TPSA) is 111 Å². The number of nitrogens with one attached hydrogen (secondary N) is 1. The summed E-state index contributed by atoms with van der Waals surface area (Å²) >= 11 is 0. The maximum atomic E-state index is 14.3. The standard InChI is InChI=1S/C24H23FN4O5/c1-2-34-21(31)11-17-12-27-20(30)14-28(17)23(32)18-10-15-7-5-9-26-22(15)29(24(18)33)13-16-6-3-4-8-19(16)25/h3-10,17H,2,11-14H2,1H3,(H,27,30). The van der Waals surface area contributed by atoms with E-state index in [0.717, 1.165) is 0 Å². The second-order valence-electron chi connectivity index (χ2n) is 7.86. The molecule has 0 aliphatic carbocycles. The van der Waals surface area contributed by atoms with Gasteiger partial charge in [-0.2, -0.15) is 0 Å². The summed E-state index contributed by atoms with van der Waals surface area (Å²) in [6.07, 6.45) is 1.38. The Morgan fingerprint density at radius 2 is 2.00 bits per heavy atom. The molecule has 1 atom stereocenters. The van der Waals surface area contributed by atoms with E-state index in [9.17, 15) is 23.6 Å². The number of benzene rings is 1. The summed E-state index contributed by atoms with van der Waals surface area (Å²) in [6.45, 7) is 1.48. The average molecular weight is 466 g/mol. The number of nitrogens with zero attached hydrogens (tertiary/aromatic N) is 3. The number of halogens is 1. The highest BCUT2D eigenvalue weighted by Gasteiger charge is 2.34. The molecule has 2 aromatic heterocycles. The number of piperazine rings is 1. The van der Waals surface area contributed by atoms with E-state index in [2.05, 4.69) is 10.3 Å². The van der Waals surface area contributed by atoms with Gasteiger partial charge < -0.3 is 15.0 Å². The molecule has 0 spiro atoms.